The van der Waals surface area contributed by atoms with Gasteiger partial charge in [0.25, 0.3) is 0 Å². The first kappa shape index (κ1) is 21.0. The summed E-state index contributed by atoms with van der Waals surface area (Å²) in [6.07, 6.45) is 0.200. The first-order valence-corrected chi connectivity index (χ1v) is 9.79. The molecule has 0 aromatic heterocycles. The lowest BCUT2D eigenvalue weighted by molar-refractivity contribution is -0.149. The van der Waals surface area contributed by atoms with Gasteiger partial charge in [0.2, 0.25) is 0 Å². The van der Waals surface area contributed by atoms with E-state index in [9.17, 15) is 18.0 Å². The topological polar surface area (TPSA) is 90.0 Å². The molecule has 25 heavy (non-hydrogen) atoms. The first-order chi connectivity index (χ1) is 11.4. The molecule has 0 aliphatic heterocycles. The predicted molar refractivity (Wildman–Crippen MR) is 93.7 cm³/mol. The van der Waals surface area contributed by atoms with E-state index in [0.29, 0.717) is 0 Å². The summed E-state index contributed by atoms with van der Waals surface area (Å²) in [5.41, 5.74) is -0.0107. The molecular weight excluding hydrogens is 346 g/mol. The molecule has 0 saturated carbocycles. The van der Waals surface area contributed by atoms with Crippen LogP contribution in [-0.2, 0) is 30.7 Å². The van der Waals surface area contributed by atoms with Crippen LogP contribution in [-0.4, -0.2) is 56.1 Å². The normalized spacial score (nSPS) is 13.0. The number of nitrogens with zero attached hydrogens (tertiary/aromatic N) is 1. The fourth-order valence-corrected chi connectivity index (χ4v) is 2.84. The van der Waals surface area contributed by atoms with E-state index < -0.39 is 39.3 Å². The van der Waals surface area contributed by atoms with Gasteiger partial charge in [0.15, 0.2) is 0 Å². The van der Waals surface area contributed by atoms with Crippen molar-refractivity contribution >= 4 is 21.9 Å². The van der Waals surface area contributed by atoms with Crippen LogP contribution >= 0.6 is 0 Å². The van der Waals surface area contributed by atoms with Crippen LogP contribution in [0.15, 0.2) is 30.3 Å². The van der Waals surface area contributed by atoms with Crippen molar-refractivity contribution in [3.63, 3.8) is 0 Å². The number of likely N-dealkylation sites (N-methyl/N-ethyl adjacent to an activating group) is 1. The Kier molecular flexibility index (Phi) is 6.98. The van der Waals surface area contributed by atoms with Crippen molar-refractivity contribution in [1.29, 1.82) is 0 Å². The van der Waals surface area contributed by atoms with Gasteiger partial charge in [-0.2, -0.15) is 0 Å². The molecule has 7 nitrogen and oxygen atoms in total. The maximum atomic E-state index is 12.4. The van der Waals surface area contributed by atoms with Crippen molar-refractivity contribution in [1.82, 2.24) is 4.90 Å². The molecule has 0 N–H and O–H groups in total. The molecule has 1 amide bonds. The quantitative estimate of drug-likeness (QED) is 0.711. The summed E-state index contributed by atoms with van der Waals surface area (Å²) in [6, 6.07) is 7.68. The maximum absolute atomic E-state index is 12.4. The van der Waals surface area contributed by atoms with E-state index in [1.165, 1.54) is 7.05 Å². The Morgan fingerprint density at radius 2 is 1.72 bits per heavy atom. The smallest absolute Gasteiger partial charge is 0.410 e. The minimum absolute atomic E-state index is 0.0118. The minimum Gasteiger partial charge on any atom is -0.459 e. The molecule has 0 radical (unpaired) electrons. The van der Waals surface area contributed by atoms with Gasteiger partial charge in [-0.25, -0.2) is 18.0 Å². The van der Waals surface area contributed by atoms with E-state index in [1.54, 1.807) is 45.0 Å². The number of hydrogen-bond acceptors (Lipinski definition) is 6. The number of amides is 1. The molecule has 1 rings (SSSR count). The van der Waals surface area contributed by atoms with Crippen LogP contribution in [0.5, 0.6) is 0 Å². The lowest BCUT2D eigenvalue weighted by Gasteiger charge is -2.29. The molecular formula is C17H25NO6S. The van der Waals surface area contributed by atoms with Gasteiger partial charge in [-0.05, 0) is 26.3 Å². The SMILES string of the molecule is CN(C(=O)OC(C)(C)C)[C@@H](CS(C)(=O)=O)C(=O)OCc1ccccc1. The van der Waals surface area contributed by atoms with Gasteiger partial charge in [0.1, 0.15) is 28.1 Å². The fraction of sp³-hybridized carbons (Fsp3) is 0.529. The number of benzene rings is 1. The van der Waals surface area contributed by atoms with Crippen molar-refractivity contribution in [2.75, 3.05) is 19.1 Å². The molecule has 1 aromatic rings. The van der Waals surface area contributed by atoms with Crippen LogP contribution in [0.3, 0.4) is 0 Å². The first-order valence-electron chi connectivity index (χ1n) is 7.73. The van der Waals surface area contributed by atoms with Gasteiger partial charge < -0.3 is 9.47 Å². The molecule has 1 aromatic carbocycles. The summed E-state index contributed by atoms with van der Waals surface area (Å²) < 4.78 is 33.7. The van der Waals surface area contributed by atoms with Crippen LogP contribution in [0, 0.1) is 0 Å². The van der Waals surface area contributed by atoms with E-state index >= 15 is 0 Å². The molecule has 0 unspecified atom stereocenters. The highest BCUT2D eigenvalue weighted by molar-refractivity contribution is 7.90. The van der Waals surface area contributed by atoms with Crippen molar-refractivity contribution in [3.05, 3.63) is 35.9 Å². The molecule has 0 bridgehead atoms. The average Bonchev–Trinajstić information content (AvgIpc) is 2.48. The van der Waals surface area contributed by atoms with Crippen molar-refractivity contribution in [2.45, 2.75) is 39.0 Å². The number of hydrogen-bond donors (Lipinski definition) is 0. The Hall–Kier alpha value is -2.09. The summed E-state index contributed by atoms with van der Waals surface area (Å²) in [5.74, 6) is -1.35. The van der Waals surface area contributed by atoms with Crippen LogP contribution in [0.25, 0.3) is 0 Å². The number of rotatable bonds is 6. The molecule has 0 fully saturated rings. The largest absolute Gasteiger partial charge is 0.459 e. The summed E-state index contributed by atoms with van der Waals surface area (Å²) in [6.45, 7) is 5.02. The number of carbonyl (C=O) groups is 2. The predicted octanol–water partition coefficient (Wildman–Crippen LogP) is 2.01. The Balaban J connectivity index is 2.87. The van der Waals surface area contributed by atoms with Gasteiger partial charge in [-0.15, -0.1) is 0 Å². The van der Waals surface area contributed by atoms with Gasteiger partial charge >= 0.3 is 12.1 Å². The number of ether oxygens (including phenoxy) is 2. The molecule has 0 heterocycles. The summed E-state index contributed by atoms with van der Waals surface area (Å²) in [7, 11) is -2.21. The second kappa shape index (κ2) is 8.33. The standard InChI is InChI=1S/C17H25NO6S/c1-17(2,3)24-16(20)18(4)14(12-25(5,21)22)15(19)23-11-13-9-7-6-8-10-13/h6-10,14H,11-12H2,1-5H3/t14-/m0/s1. The highest BCUT2D eigenvalue weighted by Gasteiger charge is 2.34. The Morgan fingerprint density at radius 1 is 1.16 bits per heavy atom. The number of carbonyl (C=O) groups excluding carboxylic acids is 2. The Morgan fingerprint density at radius 3 is 2.20 bits per heavy atom. The number of sulfone groups is 1. The maximum Gasteiger partial charge on any atom is 0.410 e. The summed E-state index contributed by atoms with van der Waals surface area (Å²) in [5, 5.41) is 0. The zero-order chi connectivity index (χ0) is 19.3. The average molecular weight is 371 g/mol. The molecule has 1 atom stereocenters. The molecule has 0 spiro atoms. The van der Waals surface area contributed by atoms with E-state index in [1.807, 2.05) is 6.07 Å². The van der Waals surface area contributed by atoms with Crippen LogP contribution in [0.2, 0.25) is 0 Å². The summed E-state index contributed by atoms with van der Waals surface area (Å²) in [4.78, 5) is 25.5. The lowest BCUT2D eigenvalue weighted by Crippen LogP contribution is -2.48. The van der Waals surface area contributed by atoms with E-state index in [4.69, 9.17) is 9.47 Å². The zero-order valence-corrected chi connectivity index (χ0v) is 16.0. The molecule has 140 valence electrons. The van der Waals surface area contributed by atoms with Gasteiger partial charge in [0.05, 0.1) is 5.75 Å². The van der Waals surface area contributed by atoms with Crippen LogP contribution in [0.4, 0.5) is 4.79 Å². The Bertz CT molecular complexity index is 694. The molecule has 0 aliphatic rings. The third kappa shape index (κ3) is 8.02. The van der Waals surface area contributed by atoms with E-state index in [2.05, 4.69) is 0 Å². The lowest BCUT2D eigenvalue weighted by atomic mass is 10.2. The van der Waals surface area contributed by atoms with Gasteiger partial charge in [0, 0.05) is 13.3 Å². The Labute approximate surface area is 148 Å². The van der Waals surface area contributed by atoms with Crippen molar-refractivity contribution in [2.24, 2.45) is 0 Å². The third-order valence-electron chi connectivity index (χ3n) is 3.11. The van der Waals surface area contributed by atoms with Crippen LogP contribution < -0.4 is 0 Å². The van der Waals surface area contributed by atoms with Crippen LogP contribution in [0.1, 0.15) is 26.3 Å². The third-order valence-corrected chi connectivity index (χ3v) is 4.03. The highest BCUT2D eigenvalue weighted by Crippen LogP contribution is 2.13. The zero-order valence-electron chi connectivity index (χ0n) is 15.2. The van der Waals surface area contributed by atoms with Crippen molar-refractivity contribution < 1.29 is 27.5 Å². The van der Waals surface area contributed by atoms with Gasteiger partial charge in [-0.3, -0.25) is 4.90 Å². The second-order valence-electron chi connectivity index (χ2n) is 6.79. The fourth-order valence-electron chi connectivity index (χ4n) is 1.91. The highest BCUT2D eigenvalue weighted by atomic mass is 32.2. The van der Waals surface area contributed by atoms with E-state index in [-0.39, 0.29) is 6.61 Å². The van der Waals surface area contributed by atoms with E-state index in [0.717, 1.165) is 16.7 Å². The van der Waals surface area contributed by atoms with Gasteiger partial charge in [-0.1, -0.05) is 30.3 Å². The monoisotopic (exact) mass is 371 g/mol. The number of esters is 1. The van der Waals surface area contributed by atoms with Crippen molar-refractivity contribution in [3.8, 4) is 0 Å². The second-order valence-corrected chi connectivity index (χ2v) is 8.98. The molecule has 0 saturated heterocycles. The minimum atomic E-state index is -3.52. The molecule has 8 heteroatoms. The molecule has 0 aliphatic carbocycles. The summed E-state index contributed by atoms with van der Waals surface area (Å²) >= 11 is 0.